The molecule has 154 valence electrons. The molecule has 1 aliphatic carbocycles. The molecule has 30 heavy (non-hydrogen) atoms. The van der Waals surface area contributed by atoms with Crippen molar-refractivity contribution in [3.63, 3.8) is 0 Å². The zero-order chi connectivity index (χ0) is 21.5. The highest BCUT2D eigenvalue weighted by molar-refractivity contribution is 6.30. The smallest absolute Gasteiger partial charge is 0.312 e. The molecule has 1 aromatic carbocycles. The number of carbonyl (C=O) groups is 1. The Morgan fingerprint density at radius 1 is 1.20 bits per heavy atom. The Kier molecular flexibility index (Phi) is 5.15. The van der Waals surface area contributed by atoms with Gasteiger partial charge in [0.25, 0.3) is 5.56 Å². The lowest BCUT2D eigenvalue weighted by Gasteiger charge is -2.19. The number of halogens is 1. The maximum absolute atomic E-state index is 13.0. The van der Waals surface area contributed by atoms with Gasteiger partial charge in [0.15, 0.2) is 5.52 Å². The van der Waals surface area contributed by atoms with Crippen molar-refractivity contribution < 1.29 is 9.53 Å². The molecule has 1 aliphatic rings. The van der Waals surface area contributed by atoms with Crippen LogP contribution in [0.2, 0.25) is 5.02 Å². The summed E-state index contributed by atoms with van der Waals surface area (Å²) in [5.74, 6) is -0.440. The number of carbonyl (C=O) groups excluding carboxylic acids is 1. The number of allylic oxidation sites excluding steroid dienone is 2. The Balaban J connectivity index is 1.73. The third kappa shape index (κ3) is 4.11. The van der Waals surface area contributed by atoms with E-state index in [-0.39, 0.29) is 24.0 Å². The Morgan fingerprint density at radius 3 is 2.67 bits per heavy atom. The zero-order valence-corrected chi connectivity index (χ0v) is 17.7. The summed E-state index contributed by atoms with van der Waals surface area (Å²) in [5, 5.41) is 5.09. The summed E-state index contributed by atoms with van der Waals surface area (Å²) < 4.78 is 6.75. The van der Waals surface area contributed by atoms with E-state index in [1.54, 1.807) is 20.8 Å². The molecule has 0 amide bonds. The predicted octanol–water partition coefficient (Wildman–Crippen LogP) is 3.36. The van der Waals surface area contributed by atoms with Crippen LogP contribution in [-0.2, 0) is 28.9 Å². The molecule has 3 aromatic rings. The monoisotopic (exact) mass is 424 g/mol. The maximum atomic E-state index is 13.0. The van der Waals surface area contributed by atoms with E-state index in [0.29, 0.717) is 16.2 Å². The molecule has 0 unspecified atom stereocenters. The van der Waals surface area contributed by atoms with Crippen molar-refractivity contribution in [2.45, 2.75) is 45.8 Å². The third-order valence-electron chi connectivity index (χ3n) is 4.69. The minimum Gasteiger partial charge on any atom is -0.460 e. The average molecular weight is 425 g/mol. The van der Waals surface area contributed by atoms with Gasteiger partial charge in [-0.3, -0.25) is 14.6 Å². The normalized spacial score (nSPS) is 13.3. The number of hydrogen-bond donors (Lipinski definition) is 0. The van der Waals surface area contributed by atoms with Crippen LogP contribution in [0.5, 0.6) is 0 Å². The van der Waals surface area contributed by atoms with Crippen molar-refractivity contribution in [2.75, 3.05) is 0 Å². The second-order valence-electron chi connectivity index (χ2n) is 8.16. The van der Waals surface area contributed by atoms with Gasteiger partial charge in [-0.15, -0.1) is 0 Å². The van der Waals surface area contributed by atoms with E-state index in [4.69, 9.17) is 16.3 Å². The molecule has 0 radical (unpaired) electrons. The molecule has 0 saturated heterocycles. The summed E-state index contributed by atoms with van der Waals surface area (Å²) in [5.41, 5.74) is 2.98. The highest BCUT2D eigenvalue weighted by Gasteiger charge is 2.22. The van der Waals surface area contributed by atoms with Gasteiger partial charge in [-0.2, -0.15) is 5.10 Å². The predicted molar refractivity (Wildman–Crippen MR) is 114 cm³/mol. The van der Waals surface area contributed by atoms with Crippen LogP contribution >= 0.6 is 11.6 Å². The highest BCUT2D eigenvalue weighted by Crippen LogP contribution is 2.30. The highest BCUT2D eigenvalue weighted by atomic mass is 35.5. The summed E-state index contributed by atoms with van der Waals surface area (Å²) >= 11 is 6.16. The number of nitrogens with zero attached hydrogens (tertiary/aromatic N) is 4. The van der Waals surface area contributed by atoms with E-state index in [9.17, 15) is 9.59 Å². The number of aromatic nitrogens is 4. The Hall–Kier alpha value is -3.06. The maximum Gasteiger partial charge on any atom is 0.312 e. The second-order valence-corrected chi connectivity index (χ2v) is 8.60. The molecule has 7 nitrogen and oxygen atoms in total. The number of fused-ring (bicyclic) bond motifs is 2. The lowest BCUT2D eigenvalue weighted by atomic mass is 10.1. The Morgan fingerprint density at radius 2 is 1.93 bits per heavy atom. The van der Waals surface area contributed by atoms with Crippen molar-refractivity contribution in [2.24, 2.45) is 0 Å². The first-order chi connectivity index (χ1) is 14.2. The fraction of sp³-hybridized carbons (Fsp3) is 0.318. The Labute approximate surface area is 178 Å². The first-order valence-corrected chi connectivity index (χ1v) is 9.99. The molecule has 8 heteroatoms. The lowest BCUT2D eigenvalue weighted by molar-refractivity contribution is -0.153. The molecule has 0 spiro atoms. The number of rotatable bonds is 4. The van der Waals surface area contributed by atoms with Crippen molar-refractivity contribution in [3.05, 3.63) is 68.9 Å². The first-order valence-electron chi connectivity index (χ1n) is 9.62. The SMILES string of the molecule is CC(C)(C)OC(=O)Cc1nn(CC2=CCc3ccc(Cl)cc32)c(=O)c2nccnc12. The van der Waals surface area contributed by atoms with Gasteiger partial charge in [0.05, 0.1) is 13.0 Å². The fourth-order valence-electron chi connectivity index (χ4n) is 3.49. The van der Waals surface area contributed by atoms with E-state index in [1.807, 2.05) is 18.2 Å². The van der Waals surface area contributed by atoms with Crippen molar-refractivity contribution in [1.29, 1.82) is 0 Å². The summed E-state index contributed by atoms with van der Waals surface area (Å²) in [6, 6.07) is 5.73. The van der Waals surface area contributed by atoms with Crippen LogP contribution in [0.1, 0.15) is 37.6 Å². The van der Waals surface area contributed by atoms with Crippen molar-refractivity contribution in [3.8, 4) is 0 Å². The lowest BCUT2D eigenvalue weighted by Crippen LogP contribution is -2.29. The second kappa shape index (κ2) is 7.65. The van der Waals surface area contributed by atoms with Crippen LogP contribution in [0, 0.1) is 0 Å². The molecular weight excluding hydrogens is 404 g/mol. The molecule has 4 rings (SSSR count). The molecule has 2 aromatic heterocycles. The van der Waals surface area contributed by atoms with Crippen LogP contribution in [-0.4, -0.2) is 31.3 Å². The quantitative estimate of drug-likeness (QED) is 0.597. The van der Waals surface area contributed by atoms with Crippen LogP contribution < -0.4 is 5.56 Å². The average Bonchev–Trinajstić information content (AvgIpc) is 3.06. The van der Waals surface area contributed by atoms with Gasteiger partial charge in [-0.25, -0.2) is 9.67 Å². The minimum atomic E-state index is -0.620. The van der Waals surface area contributed by atoms with Gasteiger partial charge in [0.2, 0.25) is 0 Å². The third-order valence-corrected chi connectivity index (χ3v) is 4.92. The number of ether oxygens (including phenoxy) is 1. The standard InChI is InChI=1S/C22H21ClN4O3/c1-22(2,3)30-18(28)11-17-19-20(25-9-8-24-19)21(29)27(26-17)12-14-5-4-13-6-7-15(23)10-16(13)14/h5-10H,4,11-12H2,1-3H3. The van der Waals surface area contributed by atoms with Crippen molar-refractivity contribution >= 4 is 34.2 Å². The molecule has 2 heterocycles. The van der Waals surface area contributed by atoms with Crippen LogP contribution in [0.3, 0.4) is 0 Å². The van der Waals surface area contributed by atoms with Gasteiger partial charge < -0.3 is 4.74 Å². The molecule has 0 aliphatic heterocycles. The number of hydrogen-bond acceptors (Lipinski definition) is 6. The fourth-order valence-corrected chi connectivity index (χ4v) is 3.66. The van der Waals surface area contributed by atoms with Crippen LogP contribution in [0.15, 0.2) is 41.5 Å². The van der Waals surface area contributed by atoms with Gasteiger partial charge in [0.1, 0.15) is 16.8 Å². The van der Waals surface area contributed by atoms with E-state index in [0.717, 1.165) is 23.1 Å². The molecule has 0 fully saturated rings. The van der Waals surface area contributed by atoms with Crippen LogP contribution in [0.4, 0.5) is 0 Å². The van der Waals surface area contributed by atoms with Crippen LogP contribution in [0.25, 0.3) is 16.6 Å². The minimum absolute atomic E-state index is 0.103. The number of benzene rings is 1. The molecule has 0 N–H and O–H groups in total. The summed E-state index contributed by atoms with van der Waals surface area (Å²) in [7, 11) is 0. The molecule has 0 bridgehead atoms. The zero-order valence-electron chi connectivity index (χ0n) is 17.0. The van der Waals surface area contributed by atoms with E-state index >= 15 is 0 Å². The van der Waals surface area contributed by atoms with Crippen molar-refractivity contribution in [1.82, 2.24) is 19.7 Å². The molecule has 0 atom stereocenters. The number of esters is 1. The summed E-state index contributed by atoms with van der Waals surface area (Å²) in [4.78, 5) is 33.8. The first kappa shape index (κ1) is 20.2. The van der Waals surface area contributed by atoms with Gasteiger partial charge in [0, 0.05) is 17.4 Å². The van der Waals surface area contributed by atoms with Gasteiger partial charge in [-0.05, 0) is 56.0 Å². The summed E-state index contributed by atoms with van der Waals surface area (Å²) in [6.07, 6.45) is 5.66. The van der Waals surface area contributed by atoms with Gasteiger partial charge in [-0.1, -0.05) is 23.7 Å². The topological polar surface area (TPSA) is 87.0 Å². The molecule has 0 saturated carbocycles. The van der Waals surface area contributed by atoms with Gasteiger partial charge >= 0.3 is 5.97 Å². The summed E-state index contributed by atoms with van der Waals surface area (Å²) in [6.45, 7) is 5.64. The Bertz CT molecular complexity index is 1240. The largest absolute Gasteiger partial charge is 0.460 e. The van der Waals surface area contributed by atoms with E-state index < -0.39 is 11.6 Å². The van der Waals surface area contributed by atoms with E-state index in [2.05, 4.69) is 21.1 Å². The molecular formula is C22H21ClN4O3. The van der Waals surface area contributed by atoms with E-state index in [1.165, 1.54) is 17.1 Å².